The molecule has 0 unspecified atom stereocenters. The second-order valence-electron chi connectivity index (χ2n) is 11.6. The number of fused-ring (bicyclic) bond motifs is 1. The molecule has 0 spiro atoms. The highest BCUT2D eigenvalue weighted by atomic mass is 16.5. The molecule has 43 heavy (non-hydrogen) atoms. The topological polar surface area (TPSA) is 169 Å². The van der Waals surface area contributed by atoms with Gasteiger partial charge in [0.1, 0.15) is 17.3 Å². The van der Waals surface area contributed by atoms with Crippen molar-refractivity contribution in [2.45, 2.75) is 45.6 Å². The first-order valence-corrected chi connectivity index (χ1v) is 14.5. The first-order chi connectivity index (χ1) is 20.5. The summed E-state index contributed by atoms with van der Waals surface area (Å²) >= 11 is 0. The summed E-state index contributed by atoms with van der Waals surface area (Å²) in [5.74, 6) is 8.02. The molecule has 7 N–H and O–H groups in total. The van der Waals surface area contributed by atoms with Gasteiger partial charge in [-0.15, -0.1) is 0 Å². The molecular formula is C30H44N10O3. The van der Waals surface area contributed by atoms with E-state index in [1.807, 2.05) is 39.0 Å². The quantitative estimate of drug-likeness (QED) is 0.163. The van der Waals surface area contributed by atoms with Gasteiger partial charge in [0.25, 0.3) is 0 Å². The van der Waals surface area contributed by atoms with Crippen LogP contribution in [0, 0.1) is 0 Å². The molecule has 0 saturated carbocycles. The molecule has 1 aliphatic heterocycles. The molecular weight excluding hydrogens is 548 g/mol. The fourth-order valence-corrected chi connectivity index (χ4v) is 4.75. The highest BCUT2D eigenvalue weighted by Crippen LogP contribution is 2.35. The van der Waals surface area contributed by atoms with E-state index in [4.69, 9.17) is 26.0 Å². The number of aromatic nitrogens is 3. The zero-order valence-corrected chi connectivity index (χ0v) is 25.7. The lowest BCUT2D eigenvalue weighted by molar-refractivity contribution is 0.205. The van der Waals surface area contributed by atoms with Crippen LogP contribution in [0.15, 0.2) is 42.4 Å². The van der Waals surface area contributed by atoms with Gasteiger partial charge < -0.3 is 35.7 Å². The van der Waals surface area contributed by atoms with Gasteiger partial charge >= 0.3 is 6.03 Å². The second-order valence-corrected chi connectivity index (χ2v) is 11.6. The molecule has 3 heterocycles. The number of ether oxygens (including phenoxy) is 2. The van der Waals surface area contributed by atoms with E-state index in [0.29, 0.717) is 58.6 Å². The van der Waals surface area contributed by atoms with Crippen molar-refractivity contribution in [2.75, 3.05) is 57.6 Å². The Morgan fingerprint density at radius 2 is 1.77 bits per heavy atom. The van der Waals surface area contributed by atoms with Crippen molar-refractivity contribution < 1.29 is 14.3 Å². The van der Waals surface area contributed by atoms with Crippen molar-refractivity contribution in [1.29, 1.82) is 0 Å². The van der Waals surface area contributed by atoms with Crippen LogP contribution in [0.25, 0.3) is 22.2 Å². The molecule has 0 radical (unpaired) electrons. The number of carbonyl (C=O) groups is 1. The number of pyridine rings is 1. The number of amides is 2. The number of nitrogens with one attached hydrogen (secondary N) is 3. The minimum atomic E-state index is -0.445. The summed E-state index contributed by atoms with van der Waals surface area (Å²) in [7, 11) is 3.16. The number of urea groups is 1. The maximum absolute atomic E-state index is 12.9. The Morgan fingerprint density at radius 1 is 1.07 bits per heavy atom. The molecule has 13 nitrogen and oxygen atoms in total. The predicted octanol–water partition coefficient (Wildman–Crippen LogP) is 3.50. The summed E-state index contributed by atoms with van der Waals surface area (Å²) in [6, 6.07) is 6.94. The molecule has 0 atom stereocenters. The molecule has 0 bridgehead atoms. The molecule has 2 aromatic heterocycles. The predicted molar refractivity (Wildman–Crippen MR) is 170 cm³/mol. The van der Waals surface area contributed by atoms with Gasteiger partial charge in [0.2, 0.25) is 5.95 Å². The highest BCUT2D eigenvalue weighted by molar-refractivity contribution is 5.96. The van der Waals surface area contributed by atoms with Crippen LogP contribution in [0.1, 0.15) is 40.0 Å². The largest absolute Gasteiger partial charge is 0.497 e. The van der Waals surface area contributed by atoms with Gasteiger partial charge in [-0.3, -0.25) is 5.32 Å². The van der Waals surface area contributed by atoms with E-state index in [-0.39, 0.29) is 0 Å². The van der Waals surface area contributed by atoms with Gasteiger partial charge in [-0.25, -0.2) is 20.6 Å². The highest BCUT2D eigenvalue weighted by Gasteiger charge is 2.19. The van der Waals surface area contributed by atoms with Crippen molar-refractivity contribution in [3.05, 3.63) is 42.4 Å². The average Bonchev–Trinajstić information content (AvgIpc) is 2.97. The van der Waals surface area contributed by atoms with Gasteiger partial charge in [0.05, 0.1) is 20.8 Å². The number of hydrogen-bond donors (Lipinski definition) is 5. The van der Waals surface area contributed by atoms with E-state index >= 15 is 0 Å². The Morgan fingerprint density at radius 3 is 2.42 bits per heavy atom. The fraction of sp³-hybridized carbons (Fsp3) is 0.467. The van der Waals surface area contributed by atoms with Gasteiger partial charge in [-0.1, -0.05) is 6.42 Å². The molecule has 1 aromatic carbocycles. The number of nitrogens with zero attached hydrogens (tertiary/aromatic N) is 5. The standard InChI is InChI=1S/C30H44N10O3/c1-30(2,3)38-29(41)37-27-25(20-13-23(42-4)16-24(14-20)43-5)15-21-17-33-28(36-26(21)35-27)34-18-22(31)19-40(32)12-11-39-9-7-6-8-10-39/h13-17,19H,6-12,18,31-32H2,1-5H3,(H3,33,34,35,36,37,38,41)/b22-19-. The van der Waals surface area contributed by atoms with Gasteiger partial charge in [-0.05, 0) is 70.5 Å². The third-order valence-electron chi connectivity index (χ3n) is 6.86. The summed E-state index contributed by atoms with van der Waals surface area (Å²) in [6.45, 7) is 9.84. The molecule has 0 aliphatic carbocycles. The van der Waals surface area contributed by atoms with Gasteiger partial charge in [-0.2, -0.15) is 4.98 Å². The van der Waals surface area contributed by atoms with E-state index in [1.54, 1.807) is 37.7 Å². The third kappa shape index (κ3) is 9.32. The second kappa shape index (κ2) is 14.2. The molecule has 13 heteroatoms. The average molecular weight is 593 g/mol. The van der Waals surface area contributed by atoms with E-state index in [0.717, 1.165) is 25.2 Å². The SMILES string of the molecule is COc1cc(OC)cc(-c2cc3cnc(NC/C(N)=C/N(N)CCN4CCCCC4)nc3nc2NC(=O)NC(C)(C)C)c1. The lowest BCUT2D eigenvalue weighted by Gasteiger charge is -2.28. The number of anilines is 2. The molecule has 2 amide bonds. The number of hydrazine groups is 1. The minimum Gasteiger partial charge on any atom is -0.497 e. The summed E-state index contributed by atoms with van der Waals surface area (Å²) < 4.78 is 10.9. The lowest BCUT2D eigenvalue weighted by Crippen LogP contribution is -2.43. The zero-order chi connectivity index (χ0) is 31.0. The lowest BCUT2D eigenvalue weighted by atomic mass is 10.0. The Bertz CT molecular complexity index is 1410. The van der Waals surface area contributed by atoms with Crippen molar-refractivity contribution in [2.24, 2.45) is 11.6 Å². The monoisotopic (exact) mass is 592 g/mol. The van der Waals surface area contributed by atoms with E-state index < -0.39 is 11.6 Å². The molecule has 3 aromatic rings. The zero-order valence-electron chi connectivity index (χ0n) is 25.7. The van der Waals surface area contributed by atoms with Crippen LogP contribution in [0.3, 0.4) is 0 Å². The maximum atomic E-state index is 12.9. The van der Waals surface area contributed by atoms with Crippen LogP contribution in [0.5, 0.6) is 11.5 Å². The number of nitrogens with two attached hydrogens (primary N) is 2. The number of hydrogen-bond acceptors (Lipinski definition) is 11. The summed E-state index contributed by atoms with van der Waals surface area (Å²) in [4.78, 5) is 29.0. The number of likely N-dealkylation sites (tertiary alicyclic amines) is 1. The number of rotatable bonds is 11. The molecule has 4 rings (SSSR count). The van der Waals surface area contributed by atoms with E-state index in [1.165, 1.54) is 19.3 Å². The van der Waals surface area contributed by atoms with Crippen LogP contribution in [-0.4, -0.2) is 83.4 Å². The molecule has 1 aliphatic rings. The van der Waals surface area contributed by atoms with Crippen LogP contribution in [0.2, 0.25) is 0 Å². The summed E-state index contributed by atoms with van der Waals surface area (Å²) in [6.07, 6.45) is 7.18. The van der Waals surface area contributed by atoms with Crippen LogP contribution in [0.4, 0.5) is 16.6 Å². The normalized spacial score (nSPS) is 14.3. The molecule has 232 valence electrons. The molecule has 1 fully saturated rings. The van der Waals surface area contributed by atoms with Crippen LogP contribution >= 0.6 is 0 Å². The van der Waals surface area contributed by atoms with Crippen molar-refractivity contribution >= 4 is 28.8 Å². The van der Waals surface area contributed by atoms with Crippen molar-refractivity contribution in [3.63, 3.8) is 0 Å². The number of methoxy groups -OCH3 is 2. The van der Waals surface area contributed by atoms with Crippen LogP contribution in [-0.2, 0) is 0 Å². The first-order valence-electron chi connectivity index (χ1n) is 14.5. The minimum absolute atomic E-state index is 0.295. The smallest absolute Gasteiger partial charge is 0.320 e. The molecule has 1 saturated heterocycles. The van der Waals surface area contributed by atoms with Gasteiger partial charge in [0, 0.05) is 53.7 Å². The van der Waals surface area contributed by atoms with Gasteiger partial charge in [0.15, 0.2) is 5.65 Å². The Kier molecular flexibility index (Phi) is 10.4. The Labute approximate surface area is 253 Å². The Balaban J connectivity index is 1.54. The fourth-order valence-electron chi connectivity index (χ4n) is 4.75. The first kappa shape index (κ1) is 31.6. The summed E-state index contributed by atoms with van der Waals surface area (Å²) in [5, 5.41) is 11.2. The van der Waals surface area contributed by atoms with Crippen LogP contribution < -0.4 is 37.0 Å². The van der Waals surface area contributed by atoms with E-state index in [2.05, 4.69) is 30.8 Å². The van der Waals surface area contributed by atoms with Crippen molar-refractivity contribution in [3.8, 4) is 22.6 Å². The number of piperidine rings is 1. The Hall–Kier alpha value is -4.36. The number of benzene rings is 1. The summed E-state index contributed by atoms with van der Waals surface area (Å²) in [5.41, 5.74) is 8.11. The third-order valence-corrected chi connectivity index (χ3v) is 6.86. The number of carbonyl (C=O) groups excluding carboxylic acids is 1. The maximum Gasteiger partial charge on any atom is 0.320 e. The van der Waals surface area contributed by atoms with Crippen molar-refractivity contribution in [1.82, 2.24) is 30.2 Å². The van der Waals surface area contributed by atoms with E-state index in [9.17, 15) is 4.79 Å².